The summed E-state index contributed by atoms with van der Waals surface area (Å²) in [6.07, 6.45) is 2.45. The molecule has 3 atom stereocenters. The van der Waals surface area contributed by atoms with Gasteiger partial charge in [-0.3, -0.25) is 4.79 Å². The summed E-state index contributed by atoms with van der Waals surface area (Å²) < 4.78 is 16.1. The van der Waals surface area contributed by atoms with Gasteiger partial charge in [0, 0.05) is 19.8 Å². The molecule has 1 amide bonds. The second-order valence-corrected chi connectivity index (χ2v) is 5.38. The summed E-state index contributed by atoms with van der Waals surface area (Å²) in [7, 11) is 0. The van der Waals surface area contributed by atoms with E-state index in [-0.39, 0.29) is 12.0 Å². The van der Waals surface area contributed by atoms with Crippen molar-refractivity contribution in [3.8, 4) is 0 Å². The van der Waals surface area contributed by atoms with Crippen LogP contribution in [0.5, 0.6) is 0 Å². The molecule has 2 heterocycles. The molecule has 3 unspecified atom stereocenters. The molecule has 2 aliphatic rings. The fourth-order valence-corrected chi connectivity index (χ4v) is 2.50. The molecule has 2 saturated heterocycles. The topological polar surface area (TPSA) is 94.1 Å². The van der Waals surface area contributed by atoms with Gasteiger partial charge >= 0.3 is 5.97 Å². The van der Waals surface area contributed by atoms with Crippen LogP contribution in [0.15, 0.2) is 0 Å². The summed E-state index contributed by atoms with van der Waals surface area (Å²) >= 11 is 0. The fraction of sp³-hybridized carbons (Fsp3) is 0.857. The molecule has 0 aromatic rings. The first-order valence-corrected chi connectivity index (χ1v) is 7.52. The number of rotatable bonds is 8. The van der Waals surface area contributed by atoms with E-state index in [0.717, 1.165) is 19.4 Å². The van der Waals surface area contributed by atoms with Crippen LogP contribution in [0.25, 0.3) is 0 Å². The molecule has 0 aromatic heterocycles. The number of carbonyl (C=O) groups is 2. The quantitative estimate of drug-likeness (QED) is 0.627. The van der Waals surface area contributed by atoms with Gasteiger partial charge in [-0.25, -0.2) is 4.79 Å². The van der Waals surface area contributed by atoms with Gasteiger partial charge in [0.05, 0.1) is 12.7 Å². The van der Waals surface area contributed by atoms with Crippen LogP contribution in [0.3, 0.4) is 0 Å². The second-order valence-electron chi connectivity index (χ2n) is 5.38. The molecule has 0 radical (unpaired) electrons. The smallest absolute Gasteiger partial charge is 0.332 e. The van der Waals surface area contributed by atoms with Crippen molar-refractivity contribution in [2.24, 2.45) is 0 Å². The lowest BCUT2D eigenvalue weighted by atomic mass is 10.2. The molecule has 120 valence electrons. The maximum absolute atomic E-state index is 11.8. The molecular formula is C14H23NO6. The van der Waals surface area contributed by atoms with Crippen molar-refractivity contribution in [2.45, 2.75) is 50.4 Å². The number of carboxylic acids is 1. The molecule has 7 heteroatoms. The molecule has 0 aromatic carbocycles. The Hall–Kier alpha value is -1.18. The van der Waals surface area contributed by atoms with Crippen molar-refractivity contribution in [2.75, 3.05) is 26.4 Å². The minimum absolute atomic E-state index is 0.222. The Bertz CT molecular complexity index is 355. The highest BCUT2D eigenvalue weighted by atomic mass is 16.5. The molecule has 0 aliphatic carbocycles. The van der Waals surface area contributed by atoms with Gasteiger partial charge in [-0.1, -0.05) is 0 Å². The first-order chi connectivity index (χ1) is 10.2. The zero-order chi connectivity index (χ0) is 15.1. The average molecular weight is 301 g/mol. The zero-order valence-corrected chi connectivity index (χ0v) is 12.1. The van der Waals surface area contributed by atoms with Gasteiger partial charge in [-0.05, 0) is 32.1 Å². The maximum Gasteiger partial charge on any atom is 0.332 e. The predicted molar refractivity (Wildman–Crippen MR) is 73.0 cm³/mol. The second kappa shape index (κ2) is 8.31. The van der Waals surface area contributed by atoms with Crippen molar-refractivity contribution in [3.63, 3.8) is 0 Å². The number of carbonyl (C=O) groups excluding carboxylic acids is 1. The zero-order valence-electron chi connectivity index (χ0n) is 12.1. The van der Waals surface area contributed by atoms with E-state index in [1.54, 1.807) is 0 Å². The number of nitrogens with one attached hydrogen (secondary N) is 1. The highest BCUT2D eigenvalue weighted by molar-refractivity contribution is 5.82. The first kappa shape index (κ1) is 16.2. The summed E-state index contributed by atoms with van der Waals surface area (Å²) in [4.78, 5) is 22.5. The van der Waals surface area contributed by atoms with E-state index in [4.69, 9.17) is 19.3 Å². The summed E-state index contributed by atoms with van der Waals surface area (Å²) in [5, 5.41) is 11.5. The van der Waals surface area contributed by atoms with Crippen molar-refractivity contribution >= 4 is 11.9 Å². The third-order valence-corrected chi connectivity index (χ3v) is 3.68. The lowest BCUT2D eigenvalue weighted by molar-refractivity contribution is -0.151. The van der Waals surface area contributed by atoms with Gasteiger partial charge in [0.15, 0.2) is 6.10 Å². The van der Waals surface area contributed by atoms with Crippen LogP contribution in [0.2, 0.25) is 0 Å². The largest absolute Gasteiger partial charge is 0.479 e. The molecule has 2 fully saturated rings. The van der Waals surface area contributed by atoms with E-state index in [1.165, 1.54) is 0 Å². The Labute approximate surface area is 123 Å². The average Bonchev–Trinajstić information content (AvgIpc) is 3.13. The minimum atomic E-state index is -1.01. The van der Waals surface area contributed by atoms with E-state index in [0.29, 0.717) is 39.0 Å². The number of hydrogen-bond donors (Lipinski definition) is 2. The molecule has 7 nitrogen and oxygen atoms in total. The number of ether oxygens (including phenoxy) is 3. The molecule has 2 aliphatic heterocycles. The molecule has 2 rings (SSSR count). The van der Waals surface area contributed by atoms with Gasteiger partial charge in [-0.15, -0.1) is 0 Å². The highest BCUT2D eigenvalue weighted by Gasteiger charge is 2.34. The highest BCUT2D eigenvalue weighted by Crippen LogP contribution is 2.19. The van der Waals surface area contributed by atoms with Crippen LogP contribution in [-0.2, 0) is 23.8 Å². The third-order valence-electron chi connectivity index (χ3n) is 3.68. The molecular weight excluding hydrogens is 278 g/mol. The van der Waals surface area contributed by atoms with Crippen LogP contribution >= 0.6 is 0 Å². The third kappa shape index (κ3) is 5.26. The van der Waals surface area contributed by atoms with E-state index >= 15 is 0 Å². The number of amides is 1. The summed E-state index contributed by atoms with van der Waals surface area (Å²) in [6, 6.07) is 0. The Morgan fingerprint density at radius 2 is 2.05 bits per heavy atom. The maximum atomic E-state index is 11.8. The van der Waals surface area contributed by atoms with E-state index in [2.05, 4.69) is 5.32 Å². The number of hydrogen-bond acceptors (Lipinski definition) is 5. The van der Waals surface area contributed by atoms with E-state index in [9.17, 15) is 9.59 Å². The molecule has 0 saturated carbocycles. The monoisotopic (exact) mass is 301 g/mol. The SMILES string of the molecule is O=C(O)C1CCC(C(=O)NCCCOCC2CCCO2)O1. The van der Waals surface area contributed by atoms with Crippen molar-refractivity contribution in [1.82, 2.24) is 5.32 Å². The molecule has 2 N–H and O–H groups in total. The molecule has 0 spiro atoms. The summed E-state index contributed by atoms with van der Waals surface area (Å²) in [6.45, 7) is 2.51. The molecule has 0 bridgehead atoms. The number of carboxylic acid groups (broad SMARTS) is 1. The van der Waals surface area contributed by atoms with E-state index < -0.39 is 18.2 Å². The number of aliphatic carboxylic acids is 1. The van der Waals surface area contributed by atoms with Crippen molar-refractivity contribution in [1.29, 1.82) is 0 Å². The van der Waals surface area contributed by atoms with Gasteiger partial charge < -0.3 is 24.6 Å². The van der Waals surface area contributed by atoms with E-state index in [1.807, 2.05) is 0 Å². The van der Waals surface area contributed by atoms with Gasteiger partial charge in [-0.2, -0.15) is 0 Å². The predicted octanol–water partition coefficient (Wildman–Crippen LogP) is 0.321. The van der Waals surface area contributed by atoms with Crippen LogP contribution < -0.4 is 5.32 Å². The summed E-state index contributed by atoms with van der Waals surface area (Å²) in [5.41, 5.74) is 0. The fourth-order valence-electron chi connectivity index (χ4n) is 2.50. The van der Waals surface area contributed by atoms with Gasteiger partial charge in [0.25, 0.3) is 0 Å². The van der Waals surface area contributed by atoms with Crippen molar-refractivity contribution < 1.29 is 28.9 Å². The van der Waals surface area contributed by atoms with Crippen molar-refractivity contribution in [3.05, 3.63) is 0 Å². The van der Waals surface area contributed by atoms with Crippen LogP contribution in [0.4, 0.5) is 0 Å². The summed E-state index contributed by atoms with van der Waals surface area (Å²) in [5.74, 6) is -1.24. The minimum Gasteiger partial charge on any atom is -0.479 e. The van der Waals surface area contributed by atoms with Crippen LogP contribution in [0.1, 0.15) is 32.1 Å². The Morgan fingerprint density at radius 1 is 1.24 bits per heavy atom. The lowest BCUT2D eigenvalue weighted by Crippen LogP contribution is -2.36. The normalized spacial score (nSPS) is 28.7. The molecule has 21 heavy (non-hydrogen) atoms. The Balaban J connectivity index is 1.48. The first-order valence-electron chi connectivity index (χ1n) is 7.52. The Morgan fingerprint density at radius 3 is 2.71 bits per heavy atom. The standard InChI is InChI=1S/C14H23NO6/c16-13(11-4-5-12(21-11)14(17)18)15-6-2-7-19-9-10-3-1-8-20-10/h10-12H,1-9H2,(H,15,16)(H,17,18). The van der Waals surface area contributed by atoms with Gasteiger partial charge in [0.2, 0.25) is 5.91 Å². The van der Waals surface area contributed by atoms with Gasteiger partial charge in [0.1, 0.15) is 6.10 Å². The lowest BCUT2D eigenvalue weighted by Gasteiger charge is -2.12. The Kier molecular flexibility index (Phi) is 6.41. The van der Waals surface area contributed by atoms with Crippen LogP contribution in [0, 0.1) is 0 Å². The van der Waals surface area contributed by atoms with Crippen LogP contribution in [-0.4, -0.2) is 61.7 Å².